The molecule has 2 rings (SSSR count). The topological polar surface area (TPSA) is 53.8 Å². The SMILES string of the molecule is OCc1n[nH]c(=S)n1CCC1CC1. The van der Waals surface area contributed by atoms with Crippen LogP contribution in [0.15, 0.2) is 0 Å². The van der Waals surface area contributed by atoms with Crippen molar-refractivity contribution in [2.75, 3.05) is 0 Å². The molecule has 1 fully saturated rings. The summed E-state index contributed by atoms with van der Waals surface area (Å²) >= 11 is 5.05. The summed E-state index contributed by atoms with van der Waals surface area (Å²) in [6.07, 6.45) is 3.85. The predicted octanol–water partition coefficient (Wildman–Crippen LogP) is 1.23. The van der Waals surface area contributed by atoms with Gasteiger partial charge < -0.3 is 9.67 Å². The van der Waals surface area contributed by atoms with E-state index < -0.39 is 0 Å². The van der Waals surface area contributed by atoms with Crippen LogP contribution >= 0.6 is 12.2 Å². The van der Waals surface area contributed by atoms with Gasteiger partial charge in [0.15, 0.2) is 10.6 Å². The van der Waals surface area contributed by atoms with Crippen LogP contribution in [0, 0.1) is 10.7 Å². The quantitative estimate of drug-likeness (QED) is 0.717. The Morgan fingerprint density at radius 3 is 3.00 bits per heavy atom. The number of nitrogens with zero attached hydrogens (tertiary/aromatic N) is 2. The first-order valence-corrected chi connectivity index (χ1v) is 4.97. The zero-order valence-corrected chi connectivity index (χ0v) is 8.18. The second kappa shape index (κ2) is 3.59. The number of hydrogen-bond donors (Lipinski definition) is 2. The van der Waals surface area contributed by atoms with Crippen molar-refractivity contribution in [3.63, 3.8) is 0 Å². The van der Waals surface area contributed by atoms with Crippen LogP contribution in [0.3, 0.4) is 0 Å². The Labute approximate surface area is 81.6 Å². The van der Waals surface area contributed by atoms with E-state index in [1.54, 1.807) is 0 Å². The lowest BCUT2D eigenvalue weighted by Gasteiger charge is -2.02. The van der Waals surface area contributed by atoms with Crippen molar-refractivity contribution in [3.05, 3.63) is 10.6 Å². The first-order valence-electron chi connectivity index (χ1n) is 4.56. The zero-order chi connectivity index (χ0) is 9.26. The normalized spacial score (nSPS) is 16.4. The van der Waals surface area contributed by atoms with Gasteiger partial charge in [0.05, 0.1) is 0 Å². The zero-order valence-electron chi connectivity index (χ0n) is 7.36. The lowest BCUT2D eigenvalue weighted by Crippen LogP contribution is -2.04. The van der Waals surface area contributed by atoms with Crippen LogP contribution in [0.1, 0.15) is 25.1 Å². The highest BCUT2D eigenvalue weighted by atomic mass is 32.1. The molecule has 1 aliphatic carbocycles. The molecule has 1 aromatic heterocycles. The average Bonchev–Trinajstić information content (AvgIpc) is 2.88. The number of aliphatic hydroxyl groups excluding tert-OH is 1. The van der Waals surface area contributed by atoms with E-state index >= 15 is 0 Å². The average molecular weight is 199 g/mol. The fourth-order valence-corrected chi connectivity index (χ4v) is 1.66. The standard InChI is InChI=1S/C8H13N3OS/c12-5-7-9-10-8(13)11(7)4-3-6-1-2-6/h6,12H,1-5H2,(H,10,13). The molecule has 13 heavy (non-hydrogen) atoms. The minimum absolute atomic E-state index is 0.0438. The minimum atomic E-state index is -0.0438. The smallest absolute Gasteiger partial charge is 0.195 e. The Morgan fingerprint density at radius 1 is 1.62 bits per heavy atom. The van der Waals surface area contributed by atoms with Crippen molar-refractivity contribution in [3.8, 4) is 0 Å². The summed E-state index contributed by atoms with van der Waals surface area (Å²) in [6.45, 7) is 0.841. The van der Waals surface area contributed by atoms with Gasteiger partial charge in [-0.1, -0.05) is 12.8 Å². The number of H-pyrrole nitrogens is 1. The van der Waals surface area contributed by atoms with Gasteiger partial charge in [-0.25, -0.2) is 0 Å². The molecule has 1 aromatic rings. The van der Waals surface area contributed by atoms with Crippen molar-refractivity contribution < 1.29 is 5.11 Å². The summed E-state index contributed by atoms with van der Waals surface area (Å²) in [6, 6.07) is 0. The summed E-state index contributed by atoms with van der Waals surface area (Å²) < 4.78 is 2.50. The largest absolute Gasteiger partial charge is 0.388 e. The van der Waals surface area contributed by atoms with E-state index in [2.05, 4.69) is 10.2 Å². The molecular weight excluding hydrogens is 186 g/mol. The molecule has 1 aliphatic rings. The van der Waals surface area contributed by atoms with E-state index in [-0.39, 0.29) is 6.61 Å². The molecule has 0 radical (unpaired) electrons. The van der Waals surface area contributed by atoms with Crippen LogP contribution in [-0.4, -0.2) is 19.9 Å². The van der Waals surface area contributed by atoms with Gasteiger partial charge >= 0.3 is 0 Å². The summed E-state index contributed by atoms with van der Waals surface area (Å²) in [5.74, 6) is 1.52. The molecule has 72 valence electrons. The molecule has 2 N–H and O–H groups in total. The van der Waals surface area contributed by atoms with Gasteiger partial charge in [-0.2, -0.15) is 5.10 Å². The number of aromatic nitrogens is 3. The molecule has 1 saturated carbocycles. The van der Waals surface area contributed by atoms with E-state index in [1.165, 1.54) is 12.8 Å². The highest BCUT2D eigenvalue weighted by Crippen LogP contribution is 2.32. The van der Waals surface area contributed by atoms with Crippen LogP contribution in [0.4, 0.5) is 0 Å². The highest BCUT2D eigenvalue weighted by molar-refractivity contribution is 7.71. The van der Waals surface area contributed by atoms with Crippen LogP contribution in [0.2, 0.25) is 0 Å². The van der Waals surface area contributed by atoms with Gasteiger partial charge in [0.2, 0.25) is 0 Å². The summed E-state index contributed by atoms with van der Waals surface area (Å²) in [5, 5.41) is 15.6. The third-order valence-corrected chi connectivity index (χ3v) is 2.75. The van der Waals surface area contributed by atoms with Crippen LogP contribution in [0.5, 0.6) is 0 Å². The van der Waals surface area contributed by atoms with Crippen molar-refractivity contribution in [2.45, 2.75) is 32.4 Å². The molecule has 5 heteroatoms. The maximum atomic E-state index is 8.96. The van der Waals surface area contributed by atoms with E-state index in [9.17, 15) is 0 Å². The molecule has 0 aliphatic heterocycles. The lowest BCUT2D eigenvalue weighted by atomic mass is 10.3. The number of nitrogens with one attached hydrogen (secondary N) is 1. The molecule has 1 heterocycles. The van der Waals surface area contributed by atoms with Gasteiger partial charge in [0.1, 0.15) is 6.61 Å². The molecule has 0 aromatic carbocycles. The monoisotopic (exact) mass is 199 g/mol. The summed E-state index contributed by atoms with van der Waals surface area (Å²) in [7, 11) is 0. The van der Waals surface area contributed by atoms with Gasteiger partial charge in [-0.15, -0.1) is 0 Å². The fourth-order valence-electron chi connectivity index (χ4n) is 1.42. The Balaban J connectivity index is 2.06. The van der Waals surface area contributed by atoms with E-state index in [0.717, 1.165) is 18.9 Å². The Bertz CT molecular complexity index is 339. The second-order valence-corrected chi connectivity index (χ2v) is 3.87. The molecular formula is C8H13N3OS. The predicted molar refractivity (Wildman–Crippen MR) is 50.7 cm³/mol. The summed E-state index contributed by atoms with van der Waals surface area (Å²) in [5.41, 5.74) is 0. The van der Waals surface area contributed by atoms with E-state index in [1.807, 2.05) is 4.57 Å². The Kier molecular flexibility index (Phi) is 2.46. The number of hydrogen-bond acceptors (Lipinski definition) is 3. The highest BCUT2D eigenvalue weighted by Gasteiger charge is 2.21. The van der Waals surface area contributed by atoms with Crippen LogP contribution in [0.25, 0.3) is 0 Å². The molecule has 0 spiro atoms. The molecule has 0 saturated heterocycles. The Hall–Kier alpha value is -0.680. The van der Waals surface area contributed by atoms with E-state index in [0.29, 0.717) is 10.6 Å². The molecule has 0 atom stereocenters. The first kappa shape index (κ1) is 8.90. The van der Waals surface area contributed by atoms with E-state index in [4.69, 9.17) is 17.3 Å². The van der Waals surface area contributed by atoms with Gasteiger partial charge in [0, 0.05) is 6.54 Å². The van der Waals surface area contributed by atoms with Gasteiger partial charge in [-0.05, 0) is 24.6 Å². The third-order valence-electron chi connectivity index (χ3n) is 2.44. The third kappa shape index (κ3) is 1.97. The Morgan fingerprint density at radius 2 is 2.38 bits per heavy atom. The summed E-state index contributed by atoms with van der Waals surface area (Å²) in [4.78, 5) is 0. The maximum absolute atomic E-state index is 8.96. The van der Waals surface area contributed by atoms with Crippen LogP contribution in [-0.2, 0) is 13.2 Å². The molecule has 0 unspecified atom stereocenters. The van der Waals surface area contributed by atoms with Gasteiger partial charge in [-0.3, -0.25) is 5.10 Å². The van der Waals surface area contributed by atoms with Crippen molar-refractivity contribution in [1.82, 2.24) is 14.8 Å². The molecule has 4 nitrogen and oxygen atoms in total. The van der Waals surface area contributed by atoms with Gasteiger partial charge in [0.25, 0.3) is 0 Å². The number of rotatable bonds is 4. The van der Waals surface area contributed by atoms with Crippen molar-refractivity contribution >= 4 is 12.2 Å². The maximum Gasteiger partial charge on any atom is 0.195 e. The lowest BCUT2D eigenvalue weighted by molar-refractivity contribution is 0.263. The van der Waals surface area contributed by atoms with Crippen LogP contribution < -0.4 is 0 Å². The number of aromatic amines is 1. The molecule has 0 amide bonds. The second-order valence-electron chi connectivity index (χ2n) is 3.49. The fraction of sp³-hybridized carbons (Fsp3) is 0.750. The number of aliphatic hydroxyl groups is 1. The first-order chi connectivity index (χ1) is 6.31. The molecule has 0 bridgehead atoms. The minimum Gasteiger partial charge on any atom is -0.388 e. The van der Waals surface area contributed by atoms with Crippen molar-refractivity contribution in [1.29, 1.82) is 0 Å². The van der Waals surface area contributed by atoms with Crippen molar-refractivity contribution in [2.24, 2.45) is 5.92 Å².